The Bertz CT molecular complexity index is 1240. The lowest BCUT2D eigenvalue weighted by atomic mass is 9.94. The number of amides is 1. The molecule has 0 radical (unpaired) electrons. The number of rotatable bonds is 5. The maximum absolute atomic E-state index is 14.0. The molecule has 1 N–H and O–H groups in total. The van der Waals surface area contributed by atoms with Gasteiger partial charge in [-0.25, -0.2) is 4.39 Å². The van der Waals surface area contributed by atoms with Crippen LogP contribution in [0.15, 0.2) is 78.4 Å². The van der Waals surface area contributed by atoms with Crippen molar-refractivity contribution in [1.82, 2.24) is 0 Å². The molecule has 3 aromatic carbocycles. The van der Waals surface area contributed by atoms with E-state index in [1.807, 2.05) is 31.1 Å². The maximum atomic E-state index is 14.0. The number of carbonyl (C=O) groups excluding carboxylic acids is 2. The number of carbonyl (C=O) groups is 2. The number of halogens is 1. The standard InChI is InChI=1S/C26H23FN2O4/c1-28(2)18-12-9-16(10-13-18)23-22(24(30)20-15-17(27)11-14-21(20)33-3)25(31)26(32)29(23)19-7-5-4-6-8-19/h4-15,23,30H,1-3H3/b24-22+. The topological polar surface area (TPSA) is 70.1 Å². The fourth-order valence-corrected chi connectivity index (χ4v) is 3.97. The van der Waals surface area contributed by atoms with Crippen LogP contribution >= 0.6 is 0 Å². The summed E-state index contributed by atoms with van der Waals surface area (Å²) in [5.74, 6) is -2.56. The van der Waals surface area contributed by atoms with Gasteiger partial charge in [0.05, 0.1) is 24.3 Å². The van der Waals surface area contributed by atoms with Gasteiger partial charge < -0.3 is 14.7 Å². The third-order valence-electron chi connectivity index (χ3n) is 5.62. The fraction of sp³-hybridized carbons (Fsp3) is 0.154. The molecule has 1 heterocycles. The number of anilines is 2. The highest BCUT2D eigenvalue weighted by Gasteiger charge is 2.47. The molecule has 1 atom stereocenters. The van der Waals surface area contributed by atoms with E-state index in [2.05, 4.69) is 0 Å². The molecule has 1 aliphatic heterocycles. The minimum atomic E-state index is -0.906. The Morgan fingerprint density at radius 1 is 1.00 bits per heavy atom. The van der Waals surface area contributed by atoms with E-state index in [0.29, 0.717) is 11.3 Å². The molecule has 1 aliphatic rings. The number of aliphatic hydroxyl groups is 1. The monoisotopic (exact) mass is 446 g/mol. The largest absolute Gasteiger partial charge is 0.507 e. The molecule has 3 aromatic rings. The average Bonchev–Trinajstić information content (AvgIpc) is 3.09. The molecule has 168 valence electrons. The Hall–Kier alpha value is -4.13. The van der Waals surface area contributed by atoms with Crippen molar-refractivity contribution in [2.45, 2.75) is 6.04 Å². The molecule has 1 saturated heterocycles. The summed E-state index contributed by atoms with van der Waals surface area (Å²) in [6.07, 6.45) is 0. The molecule has 7 heteroatoms. The third-order valence-corrected chi connectivity index (χ3v) is 5.62. The molecule has 0 aliphatic carbocycles. The second-order valence-corrected chi connectivity index (χ2v) is 7.84. The number of hydrogen-bond donors (Lipinski definition) is 1. The Morgan fingerprint density at radius 3 is 2.27 bits per heavy atom. The van der Waals surface area contributed by atoms with Gasteiger partial charge in [-0.1, -0.05) is 30.3 Å². The summed E-state index contributed by atoms with van der Waals surface area (Å²) >= 11 is 0. The van der Waals surface area contributed by atoms with Crippen LogP contribution in [0.4, 0.5) is 15.8 Å². The number of ether oxygens (including phenoxy) is 1. The summed E-state index contributed by atoms with van der Waals surface area (Å²) < 4.78 is 19.3. The minimum Gasteiger partial charge on any atom is -0.507 e. The van der Waals surface area contributed by atoms with Gasteiger partial charge >= 0.3 is 0 Å². The van der Waals surface area contributed by atoms with E-state index in [-0.39, 0.29) is 16.9 Å². The summed E-state index contributed by atoms with van der Waals surface area (Å²) in [5.41, 5.74) is 1.93. The number of nitrogens with zero attached hydrogens (tertiary/aromatic N) is 2. The van der Waals surface area contributed by atoms with Crippen LogP contribution in [0.1, 0.15) is 17.2 Å². The molecule has 1 fully saturated rings. The molecule has 0 saturated carbocycles. The number of benzene rings is 3. The normalized spacial score (nSPS) is 17.3. The summed E-state index contributed by atoms with van der Waals surface area (Å²) in [6, 6.07) is 18.8. The number of Topliss-reactive ketones (excluding diaryl/α,β-unsaturated/α-hetero) is 1. The van der Waals surface area contributed by atoms with Gasteiger partial charge in [-0.15, -0.1) is 0 Å². The van der Waals surface area contributed by atoms with Crippen molar-refractivity contribution in [3.63, 3.8) is 0 Å². The quantitative estimate of drug-likeness (QED) is 0.354. The molecule has 4 rings (SSSR count). The van der Waals surface area contributed by atoms with Crippen molar-refractivity contribution in [3.05, 3.63) is 95.3 Å². The zero-order chi connectivity index (χ0) is 23.7. The summed E-state index contributed by atoms with van der Waals surface area (Å²) in [6.45, 7) is 0. The average molecular weight is 446 g/mol. The number of aliphatic hydroxyl groups excluding tert-OH is 1. The predicted molar refractivity (Wildman–Crippen MR) is 125 cm³/mol. The first-order valence-corrected chi connectivity index (χ1v) is 10.3. The van der Waals surface area contributed by atoms with E-state index in [9.17, 15) is 19.1 Å². The molecular weight excluding hydrogens is 423 g/mol. The second kappa shape index (κ2) is 8.78. The number of ketones is 1. The van der Waals surface area contributed by atoms with E-state index in [0.717, 1.165) is 11.8 Å². The molecule has 0 bridgehead atoms. The van der Waals surface area contributed by atoms with E-state index in [1.165, 1.54) is 24.1 Å². The lowest BCUT2D eigenvalue weighted by Gasteiger charge is -2.26. The van der Waals surface area contributed by atoms with E-state index >= 15 is 0 Å². The summed E-state index contributed by atoms with van der Waals surface area (Å²) in [5, 5.41) is 11.2. The molecular formula is C26H23FN2O4. The molecule has 6 nitrogen and oxygen atoms in total. The van der Waals surface area contributed by atoms with Crippen LogP contribution < -0.4 is 14.5 Å². The highest BCUT2D eigenvalue weighted by molar-refractivity contribution is 6.51. The summed E-state index contributed by atoms with van der Waals surface area (Å²) in [4.78, 5) is 29.6. The van der Waals surface area contributed by atoms with Crippen LogP contribution in [0, 0.1) is 5.82 Å². The Morgan fingerprint density at radius 2 is 1.67 bits per heavy atom. The molecule has 0 spiro atoms. The van der Waals surface area contributed by atoms with Crippen LogP contribution in [0.25, 0.3) is 5.76 Å². The highest BCUT2D eigenvalue weighted by Crippen LogP contribution is 2.43. The molecule has 1 unspecified atom stereocenters. The Labute approximate surface area is 191 Å². The second-order valence-electron chi connectivity index (χ2n) is 7.84. The van der Waals surface area contributed by atoms with Gasteiger partial charge in [0, 0.05) is 25.5 Å². The van der Waals surface area contributed by atoms with Crippen LogP contribution in [0.3, 0.4) is 0 Å². The smallest absolute Gasteiger partial charge is 0.300 e. The van der Waals surface area contributed by atoms with Gasteiger partial charge in [-0.2, -0.15) is 0 Å². The zero-order valence-electron chi connectivity index (χ0n) is 18.4. The van der Waals surface area contributed by atoms with Crippen molar-refractivity contribution >= 4 is 28.8 Å². The predicted octanol–water partition coefficient (Wildman–Crippen LogP) is 4.53. The number of methoxy groups -OCH3 is 1. The third kappa shape index (κ3) is 3.93. The van der Waals surface area contributed by atoms with Crippen LogP contribution in [0.5, 0.6) is 5.75 Å². The Kier molecular flexibility index (Phi) is 5.87. The lowest BCUT2D eigenvalue weighted by Crippen LogP contribution is -2.29. The minimum absolute atomic E-state index is 0.00141. The summed E-state index contributed by atoms with van der Waals surface area (Å²) in [7, 11) is 5.19. The maximum Gasteiger partial charge on any atom is 0.300 e. The van der Waals surface area contributed by atoms with Gasteiger partial charge in [0.2, 0.25) is 0 Å². The van der Waals surface area contributed by atoms with Crippen molar-refractivity contribution in [1.29, 1.82) is 0 Å². The van der Waals surface area contributed by atoms with Gasteiger partial charge in [0.25, 0.3) is 11.7 Å². The van der Waals surface area contributed by atoms with Gasteiger partial charge in [0.1, 0.15) is 17.3 Å². The van der Waals surface area contributed by atoms with Gasteiger partial charge in [-0.05, 0) is 48.0 Å². The van der Waals surface area contributed by atoms with E-state index in [4.69, 9.17) is 4.74 Å². The Balaban J connectivity index is 1.96. The van der Waals surface area contributed by atoms with Crippen molar-refractivity contribution in [2.75, 3.05) is 31.0 Å². The highest BCUT2D eigenvalue weighted by atomic mass is 19.1. The number of hydrogen-bond acceptors (Lipinski definition) is 5. The van der Waals surface area contributed by atoms with Gasteiger partial charge in [-0.3, -0.25) is 14.5 Å². The van der Waals surface area contributed by atoms with Crippen molar-refractivity contribution in [2.24, 2.45) is 0 Å². The first-order chi connectivity index (χ1) is 15.8. The number of para-hydroxylation sites is 1. The van der Waals surface area contributed by atoms with Crippen LogP contribution in [-0.2, 0) is 9.59 Å². The van der Waals surface area contributed by atoms with Crippen molar-refractivity contribution < 1.29 is 23.8 Å². The van der Waals surface area contributed by atoms with Gasteiger partial charge in [0.15, 0.2) is 0 Å². The molecule has 33 heavy (non-hydrogen) atoms. The molecule has 0 aromatic heterocycles. The first-order valence-electron chi connectivity index (χ1n) is 10.3. The van der Waals surface area contributed by atoms with Crippen LogP contribution in [-0.4, -0.2) is 38.0 Å². The first kappa shape index (κ1) is 22.1. The SMILES string of the molecule is COc1ccc(F)cc1/C(O)=C1\C(=O)C(=O)N(c2ccccc2)C1c1ccc(N(C)C)cc1. The fourth-order valence-electron chi connectivity index (χ4n) is 3.97. The van der Waals surface area contributed by atoms with E-state index < -0.39 is 29.3 Å². The zero-order valence-corrected chi connectivity index (χ0v) is 18.4. The van der Waals surface area contributed by atoms with E-state index in [1.54, 1.807) is 42.5 Å². The van der Waals surface area contributed by atoms with Crippen LogP contribution in [0.2, 0.25) is 0 Å². The molecule has 1 amide bonds. The lowest BCUT2D eigenvalue weighted by molar-refractivity contribution is -0.132. The van der Waals surface area contributed by atoms with Crippen molar-refractivity contribution in [3.8, 4) is 5.75 Å².